The number of amides is 2. The van der Waals surface area contributed by atoms with E-state index in [4.69, 9.17) is 4.74 Å². The molecule has 2 aromatic rings. The number of carbonyl (C=O) groups excluding carboxylic acids is 2. The fraction of sp³-hybridized carbons (Fsp3) is 0.391. The molecule has 5 nitrogen and oxygen atoms in total. The van der Waals surface area contributed by atoms with Crippen molar-refractivity contribution in [3.63, 3.8) is 0 Å². The highest BCUT2D eigenvalue weighted by molar-refractivity contribution is 8.00. The van der Waals surface area contributed by atoms with Gasteiger partial charge in [0.05, 0.1) is 12.5 Å². The summed E-state index contributed by atoms with van der Waals surface area (Å²) >= 11 is 1.62. The Morgan fingerprint density at radius 1 is 1.13 bits per heavy atom. The van der Waals surface area contributed by atoms with Crippen LogP contribution in [-0.4, -0.2) is 41.0 Å². The minimum Gasteiger partial charge on any atom is -0.497 e. The third-order valence-electron chi connectivity index (χ3n) is 5.00. The van der Waals surface area contributed by atoms with E-state index in [1.54, 1.807) is 60.2 Å². The lowest BCUT2D eigenvalue weighted by atomic mass is 9.94. The first-order valence-electron chi connectivity index (χ1n) is 9.81. The molecule has 0 saturated carbocycles. The van der Waals surface area contributed by atoms with Gasteiger partial charge in [0.1, 0.15) is 17.6 Å². The number of benzene rings is 2. The van der Waals surface area contributed by atoms with E-state index in [9.17, 15) is 14.0 Å². The molecule has 2 atom stereocenters. The molecule has 1 N–H and O–H groups in total. The quantitative estimate of drug-likeness (QED) is 0.777. The Morgan fingerprint density at radius 2 is 1.77 bits per heavy atom. The highest BCUT2D eigenvalue weighted by Crippen LogP contribution is 2.41. The van der Waals surface area contributed by atoms with Gasteiger partial charge in [0.15, 0.2) is 0 Å². The van der Waals surface area contributed by atoms with Gasteiger partial charge in [-0.3, -0.25) is 9.59 Å². The van der Waals surface area contributed by atoms with E-state index < -0.39 is 6.04 Å². The second-order valence-electron chi connectivity index (χ2n) is 8.35. The van der Waals surface area contributed by atoms with Crippen LogP contribution in [0.25, 0.3) is 0 Å². The summed E-state index contributed by atoms with van der Waals surface area (Å²) in [5.74, 6) is 0.494. The summed E-state index contributed by atoms with van der Waals surface area (Å²) in [5, 5.41) is 2.77. The molecule has 2 aromatic carbocycles. The lowest BCUT2D eigenvalue weighted by molar-refractivity contribution is -0.125. The number of hydrogen-bond donors (Lipinski definition) is 1. The summed E-state index contributed by atoms with van der Waals surface area (Å²) < 4.78 is 18.3. The van der Waals surface area contributed by atoms with E-state index in [-0.39, 0.29) is 35.0 Å². The molecule has 2 amide bonds. The first-order valence-corrected chi connectivity index (χ1v) is 10.9. The van der Waals surface area contributed by atoms with E-state index in [2.05, 4.69) is 26.1 Å². The average molecular weight is 431 g/mol. The molecule has 0 radical (unpaired) electrons. The summed E-state index contributed by atoms with van der Waals surface area (Å²) in [7, 11) is 1.57. The molecule has 0 spiro atoms. The summed E-state index contributed by atoms with van der Waals surface area (Å²) in [6, 6.07) is 12.3. The van der Waals surface area contributed by atoms with Gasteiger partial charge in [0.2, 0.25) is 5.91 Å². The van der Waals surface area contributed by atoms with Gasteiger partial charge < -0.3 is 15.0 Å². The lowest BCUT2D eigenvalue weighted by Gasteiger charge is -2.36. The maximum absolute atomic E-state index is 13.4. The highest BCUT2D eigenvalue weighted by atomic mass is 32.2. The van der Waals surface area contributed by atoms with Gasteiger partial charge in [0.25, 0.3) is 5.91 Å². The zero-order valence-electron chi connectivity index (χ0n) is 17.6. The number of carbonyl (C=O) groups is 2. The van der Waals surface area contributed by atoms with Crippen molar-refractivity contribution in [1.82, 2.24) is 10.2 Å². The average Bonchev–Trinajstić information content (AvgIpc) is 3.18. The number of hydrogen-bond acceptors (Lipinski definition) is 4. The maximum Gasteiger partial charge on any atom is 0.255 e. The topological polar surface area (TPSA) is 58.6 Å². The van der Waals surface area contributed by atoms with Crippen LogP contribution in [0.1, 0.15) is 36.7 Å². The van der Waals surface area contributed by atoms with Gasteiger partial charge >= 0.3 is 0 Å². The van der Waals surface area contributed by atoms with Crippen molar-refractivity contribution < 1.29 is 18.7 Å². The molecule has 7 heteroatoms. The Kier molecular flexibility index (Phi) is 6.71. The van der Waals surface area contributed by atoms with Crippen LogP contribution in [0.4, 0.5) is 4.39 Å². The van der Waals surface area contributed by atoms with Crippen molar-refractivity contribution in [2.45, 2.75) is 38.7 Å². The van der Waals surface area contributed by atoms with Crippen molar-refractivity contribution >= 4 is 23.6 Å². The predicted octanol–water partition coefficient (Wildman–Crippen LogP) is 4.08. The Morgan fingerprint density at radius 3 is 2.33 bits per heavy atom. The van der Waals surface area contributed by atoms with Gasteiger partial charge in [-0.1, -0.05) is 32.9 Å². The van der Waals surface area contributed by atoms with Crippen molar-refractivity contribution in [3.8, 4) is 5.75 Å². The van der Waals surface area contributed by atoms with E-state index in [1.165, 1.54) is 12.1 Å². The summed E-state index contributed by atoms with van der Waals surface area (Å²) in [4.78, 5) is 28.1. The minimum atomic E-state index is -0.575. The van der Waals surface area contributed by atoms with Crippen molar-refractivity contribution in [2.75, 3.05) is 12.9 Å². The predicted molar refractivity (Wildman–Crippen MR) is 117 cm³/mol. The van der Waals surface area contributed by atoms with Crippen molar-refractivity contribution in [2.24, 2.45) is 5.41 Å². The van der Waals surface area contributed by atoms with E-state index in [0.717, 1.165) is 5.56 Å². The number of methoxy groups -OCH3 is 1. The van der Waals surface area contributed by atoms with E-state index in [0.29, 0.717) is 17.1 Å². The van der Waals surface area contributed by atoms with Crippen molar-refractivity contribution in [3.05, 3.63) is 65.5 Å². The van der Waals surface area contributed by atoms with Crippen LogP contribution in [0.15, 0.2) is 48.5 Å². The molecule has 1 heterocycles. The fourth-order valence-corrected chi connectivity index (χ4v) is 5.00. The lowest BCUT2D eigenvalue weighted by Crippen LogP contribution is -2.52. The van der Waals surface area contributed by atoms with Gasteiger partial charge in [-0.2, -0.15) is 0 Å². The van der Waals surface area contributed by atoms with Gasteiger partial charge in [0, 0.05) is 17.9 Å². The van der Waals surface area contributed by atoms with Gasteiger partial charge in [-0.15, -0.1) is 11.8 Å². The van der Waals surface area contributed by atoms with Crippen molar-refractivity contribution in [1.29, 1.82) is 0 Å². The Bertz CT molecular complexity index is 894. The molecular weight excluding hydrogens is 403 g/mol. The maximum atomic E-state index is 13.4. The fourth-order valence-electron chi connectivity index (χ4n) is 3.42. The van der Waals surface area contributed by atoms with Crippen LogP contribution < -0.4 is 10.1 Å². The largest absolute Gasteiger partial charge is 0.497 e. The molecule has 160 valence electrons. The first kappa shape index (κ1) is 22.2. The summed E-state index contributed by atoms with van der Waals surface area (Å²) in [6.07, 6.45) is 0. The molecule has 2 unspecified atom stereocenters. The first-order chi connectivity index (χ1) is 14.2. The number of nitrogens with zero attached hydrogens (tertiary/aromatic N) is 1. The number of rotatable bonds is 5. The summed E-state index contributed by atoms with van der Waals surface area (Å²) in [6.45, 7) is 6.48. The monoisotopic (exact) mass is 430 g/mol. The Labute approximate surface area is 181 Å². The van der Waals surface area contributed by atoms with Crippen LogP contribution >= 0.6 is 11.8 Å². The number of nitrogens with one attached hydrogen (secondary N) is 1. The van der Waals surface area contributed by atoms with Crippen LogP contribution in [0, 0.1) is 11.2 Å². The second-order valence-corrected chi connectivity index (χ2v) is 9.47. The third-order valence-corrected chi connectivity index (χ3v) is 6.75. The van der Waals surface area contributed by atoms with Gasteiger partial charge in [-0.25, -0.2) is 4.39 Å². The number of ether oxygens (including phenoxy) is 1. The number of halogens is 1. The zero-order chi connectivity index (χ0) is 21.9. The molecule has 1 saturated heterocycles. The molecule has 30 heavy (non-hydrogen) atoms. The Balaban J connectivity index is 1.79. The molecule has 0 aliphatic carbocycles. The minimum absolute atomic E-state index is 0.131. The molecule has 1 aliphatic rings. The molecule has 0 bridgehead atoms. The smallest absolute Gasteiger partial charge is 0.255 e. The van der Waals surface area contributed by atoms with Gasteiger partial charge in [-0.05, 0) is 47.4 Å². The molecular formula is C23H27FN2O3S. The Hall–Kier alpha value is -2.54. The number of thioether (sulfide) groups is 1. The molecule has 1 aliphatic heterocycles. The SMILES string of the molecule is COc1ccc(C(=O)N2C(C(=O)NCc3ccc(F)cc3)CSC2C(C)(C)C)cc1. The van der Waals surface area contributed by atoms with Crippen LogP contribution in [0.5, 0.6) is 5.75 Å². The standard InChI is InChI=1S/C23H27FN2O3S/c1-23(2,3)22-26(21(28)16-7-11-18(29-4)12-8-16)19(14-30-22)20(27)25-13-15-5-9-17(24)10-6-15/h5-12,19,22H,13-14H2,1-4H3,(H,25,27). The summed E-state index contributed by atoms with van der Waals surface area (Å²) in [5.41, 5.74) is 1.12. The zero-order valence-corrected chi connectivity index (χ0v) is 18.5. The molecule has 1 fully saturated rings. The molecule has 3 rings (SSSR count). The normalized spacial score (nSPS) is 18.9. The highest BCUT2D eigenvalue weighted by Gasteiger charge is 2.46. The molecule has 0 aromatic heterocycles. The second kappa shape index (κ2) is 9.08. The van der Waals surface area contributed by atoms with E-state index >= 15 is 0 Å². The van der Waals surface area contributed by atoms with Crippen LogP contribution in [0.2, 0.25) is 0 Å². The van der Waals surface area contributed by atoms with Crippen LogP contribution in [0.3, 0.4) is 0 Å². The third kappa shape index (κ3) is 4.95. The van der Waals surface area contributed by atoms with E-state index in [1.807, 2.05) is 0 Å². The van der Waals surface area contributed by atoms with Crippen LogP contribution in [-0.2, 0) is 11.3 Å².